The number of hydrogen-bond donors (Lipinski definition) is 1. The molecule has 0 aliphatic heterocycles. The molecule has 0 unspecified atom stereocenters. The van der Waals surface area contributed by atoms with Gasteiger partial charge in [0.1, 0.15) is 11.5 Å². The third-order valence-electron chi connectivity index (χ3n) is 3.40. The lowest BCUT2D eigenvalue weighted by molar-refractivity contribution is -0.116. The molecule has 0 spiro atoms. The summed E-state index contributed by atoms with van der Waals surface area (Å²) < 4.78 is 10.4. The van der Waals surface area contributed by atoms with Gasteiger partial charge >= 0.3 is 0 Å². The van der Waals surface area contributed by atoms with E-state index in [1.807, 2.05) is 49.4 Å². The van der Waals surface area contributed by atoms with Gasteiger partial charge in [0.05, 0.1) is 19.9 Å². The van der Waals surface area contributed by atoms with Crippen LogP contribution in [0.1, 0.15) is 17.5 Å². The van der Waals surface area contributed by atoms with E-state index >= 15 is 0 Å². The number of amides is 1. The summed E-state index contributed by atoms with van der Waals surface area (Å²) >= 11 is 0. The zero-order chi connectivity index (χ0) is 15.9. The highest BCUT2D eigenvalue weighted by atomic mass is 16.5. The molecule has 1 N–H and O–H groups in total. The van der Waals surface area contributed by atoms with Crippen molar-refractivity contribution in [2.24, 2.45) is 0 Å². The van der Waals surface area contributed by atoms with Crippen LogP contribution >= 0.6 is 0 Å². The zero-order valence-electron chi connectivity index (χ0n) is 13.2. The van der Waals surface area contributed by atoms with E-state index in [0.29, 0.717) is 24.3 Å². The number of hydrogen-bond acceptors (Lipinski definition) is 3. The Bertz CT molecular complexity index is 653. The number of aryl methyl sites for hydroxylation is 2. The highest BCUT2D eigenvalue weighted by Crippen LogP contribution is 2.25. The van der Waals surface area contributed by atoms with E-state index in [1.165, 1.54) is 0 Å². The topological polar surface area (TPSA) is 47.6 Å². The molecular formula is C18H21NO3. The number of nitrogens with one attached hydrogen (secondary N) is 1. The molecule has 22 heavy (non-hydrogen) atoms. The van der Waals surface area contributed by atoms with Gasteiger partial charge in [-0.2, -0.15) is 0 Å². The molecule has 116 valence electrons. The molecule has 0 bridgehead atoms. The second kappa shape index (κ2) is 7.50. The highest BCUT2D eigenvalue weighted by molar-refractivity contribution is 5.92. The molecular weight excluding hydrogens is 278 g/mol. The normalized spacial score (nSPS) is 10.1. The monoisotopic (exact) mass is 299 g/mol. The number of anilines is 1. The zero-order valence-corrected chi connectivity index (χ0v) is 13.2. The van der Waals surface area contributed by atoms with Crippen LogP contribution in [0.25, 0.3) is 0 Å². The number of methoxy groups -OCH3 is 2. The summed E-state index contributed by atoms with van der Waals surface area (Å²) in [4.78, 5) is 12.1. The first-order valence-electron chi connectivity index (χ1n) is 7.20. The Balaban J connectivity index is 1.97. The Kier molecular flexibility index (Phi) is 5.42. The van der Waals surface area contributed by atoms with Crippen molar-refractivity contribution in [3.05, 3.63) is 53.6 Å². The first-order valence-corrected chi connectivity index (χ1v) is 7.20. The lowest BCUT2D eigenvalue weighted by atomic mass is 10.1. The molecule has 0 aromatic heterocycles. The van der Waals surface area contributed by atoms with E-state index in [1.54, 1.807) is 14.2 Å². The number of benzene rings is 2. The number of ether oxygens (including phenoxy) is 2. The molecule has 0 saturated carbocycles. The van der Waals surface area contributed by atoms with Gasteiger partial charge in [0.15, 0.2) is 0 Å². The van der Waals surface area contributed by atoms with E-state index in [-0.39, 0.29) is 5.91 Å². The first-order chi connectivity index (χ1) is 10.6. The van der Waals surface area contributed by atoms with Gasteiger partial charge in [-0.3, -0.25) is 4.79 Å². The van der Waals surface area contributed by atoms with E-state index in [2.05, 4.69) is 5.32 Å². The highest BCUT2D eigenvalue weighted by Gasteiger charge is 2.08. The van der Waals surface area contributed by atoms with Crippen molar-refractivity contribution in [1.82, 2.24) is 0 Å². The first kappa shape index (κ1) is 15.9. The summed E-state index contributed by atoms with van der Waals surface area (Å²) in [6.45, 7) is 1.98. The van der Waals surface area contributed by atoms with Gasteiger partial charge in [0.2, 0.25) is 5.91 Å². The average molecular weight is 299 g/mol. The Morgan fingerprint density at radius 3 is 2.64 bits per heavy atom. The van der Waals surface area contributed by atoms with Crippen LogP contribution in [0, 0.1) is 6.92 Å². The molecule has 0 aliphatic rings. The predicted octanol–water partition coefficient (Wildman–Crippen LogP) is 3.58. The van der Waals surface area contributed by atoms with E-state index < -0.39 is 0 Å². The summed E-state index contributed by atoms with van der Waals surface area (Å²) in [7, 11) is 3.23. The minimum Gasteiger partial charge on any atom is -0.497 e. The fraction of sp³-hybridized carbons (Fsp3) is 0.278. The van der Waals surface area contributed by atoms with Crippen molar-refractivity contribution in [1.29, 1.82) is 0 Å². The van der Waals surface area contributed by atoms with Crippen LogP contribution in [0.5, 0.6) is 11.5 Å². The smallest absolute Gasteiger partial charge is 0.224 e. The SMILES string of the molecule is COc1cccc(CCC(=O)Nc2cc(C)ccc2OC)c1. The molecule has 2 aromatic rings. The van der Waals surface area contributed by atoms with Gasteiger partial charge in [-0.15, -0.1) is 0 Å². The molecule has 0 atom stereocenters. The number of carbonyl (C=O) groups excluding carboxylic acids is 1. The Morgan fingerprint density at radius 2 is 1.91 bits per heavy atom. The van der Waals surface area contributed by atoms with Crippen LogP contribution in [-0.2, 0) is 11.2 Å². The summed E-state index contributed by atoms with van der Waals surface area (Å²) in [6, 6.07) is 13.5. The Morgan fingerprint density at radius 1 is 1.09 bits per heavy atom. The maximum atomic E-state index is 12.1. The Hall–Kier alpha value is -2.49. The maximum absolute atomic E-state index is 12.1. The number of rotatable bonds is 6. The van der Waals surface area contributed by atoms with Crippen molar-refractivity contribution in [2.45, 2.75) is 19.8 Å². The van der Waals surface area contributed by atoms with Crippen LogP contribution in [-0.4, -0.2) is 20.1 Å². The molecule has 0 aliphatic carbocycles. The van der Waals surface area contributed by atoms with Gasteiger partial charge in [-0.25, -0.2) is 0 Å². The van der Waals surface area contributed by atoms with Crippen molar-refractivity contribution >= 4 is 11.6 Å². The lowest BCUT2D eigenvalue weighted by Crippen LogP contribution is -2.13. The van der Waals surface area contributed by atoms with Gasteiger partial charge in [0.25, 0.3) is 0 Å². The molecule has 4 nitrogen and oxygen atoms in total. The second-order valence-corrected chi connectivity index (χ2v) is 5.10. The molecule has 2 aromatic carbocycles. The molecule has 2 rings (SSSR count). The van der Waals surface area contributed by atoms with Crippen molar-refractivity contribution in [3.63, 3.8) is 0 Å². The predicted molar refractivity (Wildman–Crippen MR) is 87.7 cm³/mol. The molecule has 0 radical (unpaired) electrons. The standard InChI is InChI=1S/C18H21NO3/c1-13-7-9-17(22-3)16(11-13)19-18(20)10-8-14-5-4-6-15(12-14)21-2/h4-7,9,11-12H,8,10H2,1-3H3,(H,19,20). The fourth-order valence-corrected chi connectivity index (χ4v) is 2.22. The average Bonchev–Trinajstić information content (AvgIpc) is 2.53. The van der Waals surface area contributed by atoms with Crippen LogP contribution in [0.3, 0.4) is 0 Å². The van der Waals surface area contributed by atoms with Crippen molar-refractivity contribution in [3.8, 4) is 11.5 Å². The summed E-state index contributed by atoms with van der Waals surface area (Å²) in [6.07, 6.45) is 1.07. The van der Waals surface area contributed by atoms with Gasteiger partial charge in [-0.1, -0.05) is 18.2 Å². The van der Waals surface area contributed by atoms with Crippen molar-refractivity contribution in [2.75, 3.05) is 19.5 Å². The maximum Gasteiger partial charge on any atom is 0.224 e. The number of carbonyl (C=O) groups is 1. The summed E-state index contributed by atoms with van der Waals surface area (Å²) in [5.41, 5.74) is 2.85. The van der Waals surface area contributed by atoms with E-state index in [9.17, 15) is 4.79 Å². The molecule has 0 heterocycles. The van der Waals surface area contributed by atoms with Crippen molar-refractivity contribution < 1.29 is 14.3 Å². The Labute approximate surface area is 131 Å². The quantitative estimate of drug-likeness (QED) is 0.887. The molecule has 0 saturated heterocycles. The van der Waals surface area contributed by atoms with Gasteiger partial charge in [-0.05, 0) is 48.7 Å². The minimum atomic E-state index is -0.0354. The minimum absolute atomic E-state index is 0.0354. The second-order valence-electron chi connectivity index (χ2n) is 5.10. The lowest BCUT2D eigenvalue weighted by Gasteiger charge is -2.11. The molecule has 4 heteroatoms. The van der Waals surface area contributed by atoms with Crippen LogP contribution in [0.4, 0.5) is 5.69 Å². The largest absolute Gasteiger partial charge is 0.497 e. The van der Waals surface area contributed by atoms with Gasteiger partial charge < -0.3 is 14.8 Å². The van der Waals surface area contributed by atoms with Crippen LogP contribution in [0.2, 0.25) is 0 Å². The van der Waals surface area contributed by atoms with Crippen LogP contribution in [0.15, 0.2) is 42.5 Å². The summed E-state index contributed by atoms with van der Waals surface area (Å²) in [5.74, 6) is 1.44. The van der Waals surface area contributed by atoms with Gasteiger partial charge in [0, 0.05) is 6.42 Å². The third kappa shape index (κ3) is 4.25. The molecule has 1 amide bonds. The third-order valence-corrected chi connectivity index (χ3v) is 3.40. The van der Waals surface area contributed by atoms with E-state index in [0.717, 1.165) is 16.9 Å². The molecule has 0 fully saturated rings. The fourth-order valence-electron chi connectivity index (χ4n) is 2.22. The summed E-state index contributed by atoms with van der Waals surface area (Å²) in [5, 5.41) is 2.91. The van der Waals surface area contributed by atoms with E-state index in [4.69, 9.17) is 9.47 Å². The van der Waals surface area contributed by atoms with Crippen LogP contribution < -0.4 is 14.8 Å².